The van der Waals surface area contributed by atoms with Gasteiger partial charge in [0.1, 0.15) is 0 Å². The number of benzene rings is 2. The molecule has 0 fully saturated rings. The molecule has 1 amide bonds. The third-order valence-corrected chi connectivity index (χ3v) is 5.72. The van der Waals surface area contributed by atoms with Gasteiger partial charge in [-0.1, -0.05) is 6.07 Å². The van der Waals surface area contributed by atoms with Crippen molar-refractivity contribution in [3.8, 4) is 11.5 Å². The van der Waals surface area contributed by atoms with Crippen molar-refractivity contribution in [2.24, 2.45) is 0 Å². The van der Waals surface area contributed by atoms with Crippen molar-refractivity contribution in [3.63, 3.8) is 0 Å². The fraction of sp³-hybridized carbons (Fsp3) is 0.278. The molecule has 0 heterocycles. The molecule has 2 rings (SSSR count). The standard InChI is InChI=1S/C18H20F2N2O5S/c1-21-17(23)13-5-7-14(8-6-13)28(24,25)22(2)11-12-4-9-15(27-18(19)20)16(10-12)26-3/h4-10,18H,11H2,1-3H3,(H,21,23). The average Bonchev–Trinajstić information content (AvgIpc) is 2.68. The van der Waals surface area contributed by atoms with Crippen LogP contribution in [0.3, 0.4) is 0 Å². The van der Waals surface area contributed by atoms with Crippen LogP contribution in [0.25, 0.3) is 0 Å². The molecule has 0 radical (unpaired) electrons. The minimum Gasteiger partial charge on any atom is -0.493 e. The van der Waals surface area contributed by atoms with Gasteiger partial charge in [-0.25, -0.2) is 8.42 Å². The van der Waals surface area contributed by atoms with Gasteiger partial charge in [-0.2, -0.15) is 13.1 Å². The zero-order chi connectivity index (χ0) is 20.9. The number of amides is 1. The number of carbonyl (C=O) groups is 1. The molecule has 1 N–H and O–H groups in total. The number of hydrogen-bond donors (Lipinski definition) is 1. The van der Waals surface area contributed by atoms with Gasteiger partial charge in [-0.3, -0.25) is 4.79 Å². The largest absolute Gasteiger partial charge is 0.493 e. The zero-order valence-corrected chi connectivity index (χ0v) is 16.3. The number of rotatable bonds is 8. The molecule has 28 heavy (non-hydrogen) atoms. The highest BCUT2D eigenvalue weighted by Gasteiger charge is 2.22. The molecule has 152 valence electrons. The first-order valence-electron chi connectivity index (χ1n) is 8.09. The van der Waals surface area contributed by atoms with Gasteiger partial charge in [-0.15, -0.1) is 0 Å². The SMILES string of the molecule is CNC(=O)c1ccc(S(=O)(=O)N(C)Cc2ccc(OC(F)F)c(OC)c2)cc1. The lowest BCUT2D eigenvalue weighted by Crippen LogP contribution is -2.26. The number of nitrogens with zero attached hydrogens (tertiary/aromatic N) is 1. The molecule has 0 atom stereocenters. The van der Waals surface area contributed by atoms with Crippen LogP contribution in [-0.2, 0) is 16.6 Å². The number of nitrogens with one attached hydrogen (secondary N) is 1. The predicted molar refractivity (Wildman–Crippen MR) is 98.1 cm³/mol. The summed E-state index contributed by atoms with van der Waals surface area (Å²) in [6, 6.07) is 9.71. The zero-order valence-electron chi connectivity index (χ0n) is 15.5. The molecular formula is C18H20F2N2O5S. The van der Waals surface area contributed by atoms with Crippen LogP contribution in [0.5, 0.6) is 11.5 Å². The predicted octanol–water partition coefficient (Wildman–Crippen LogP) is 2.48. The number of ether oxygens (including phenoxy) is 2. The molecule has 0 aliphatic heterocycles. The van der Waals surface area contributed by atoms with Crippen molar-refractivity contribution in [2.45, 2.75) is 18.1 Å². The van der Waals surface area contributed by atoms with E-state index in [1.807, 2.05) is 0 Å². The van der Waals surface area contributed by atoms with E-state index in [0.717, 1.165) is 4.31 Å². The van der Waals surface area contributed by atoms with Gasteiger partial charge in [0, 0.05) is 26.2 Å². The lowest BCUT2D eigenvalue weighted by Gasteiger charge is -2.18. The third kappa shape index (κ3) is 4.96. The van der Waals surface area contributed by atoms with Crippen LogP contribution in [0.1, 0.15) is 15.9 Å². The quantitative estimate of drug-likeness (QED) is 0.717. The Morgan fingerprint density at radius 1 is 1.14 bits per heavy atom. The van der Waals surface area contributed by atoms with Gasteiger partial charge in [-0.05, 0) is 42.0 Å². The van der Waals surface area contributed by atoms with Crippen LogP contribution >= 0.6 is 0 Å². The van der Waals surface area contributed by atoms with Crippen LogP contribution in [0.15, 0.2) is 47.4 Å². The van der Waals surface area contributed by atoms with Gasteiger partial charge in [0.2, 0.25) is 10.0 Å². The van der Waals surface area contributed by atoms with E-state index in [4.69, 9.17) is 4.74 Å². The summed E-state index contributed by atoms with van der Waals surface area (Å²) in [5.41, 5.74) is 0.856. The number of methoxy groups -OCH3 is 1. The Hall–Kier alpha value is -2.72. The van der Waals surface area contributed by atoms with Crippen molar-refractivity contribution in [1.82, 2.24) is 9.62 Å². The second-order valence-electron chi connectivity index (χ2n) is 5.73. The first-order valence-corrected chi connectivity index (χ1v) is 9.53. The topological polar surface area (TPSA) is 84.9 Å². The van der Waals surface area contributed by atoms with Crippen LogP contribution in [0.2, 0.25) is 0 Å². The Morgan fingerprint density at radius 2 is 1.79 bits per heavy atom. The average molecular weight is 414 g/mol. The second kappa shape index (κ2) is 8.98. The summed E-state index contributed by atoms with van der Waals surface area (Å²) in [6.07, 6.45) is 0. The molecule has 7 nitrogen and oxygen atoms in total. The van der Waals surface area contributed by atoms with Crippen LogP contribution in [0.4, 0.5) is 8.78 Å². The molecule has 0 unspecified atom stereocenters. The van der Waals surface area contributed by atoms with Crippen LogP contribution in [-0.4, -0.2) is 46.4 Å². The molecule has 0 aliphatic carbocycles. The Balaban J connectivity index is 2.21. The molecule has 0 saturated heterocycles. The van der Waals surface area contributed by atoms with Crippen LogP contribution < -0.4 is 14.8 Å². The van der Waals surface area contributed by atoms with E-state index < -0.39 is 16.6 Å². The molecule has 0 saturated carbocycles. The van der Waals surface area contributed by atoms with Crippen molar-refractivity contribution in [1.29, 1.82) is 0 Å². The lowest BCUT2D eigenvalue weighted by atomic mass is 10.2. The van der Waals surface area contributed by atoms with Gasteiger partial charge in [0.25, 0.3) is 5.91 Å². The van der Waals surface area contributed by atoms with Crippen molar-refractivity contribution in [2.75, 3.05) is 21.2 Å². The fourth-order valence-corrected chi connectivity index (χ4v) is 3.61. The van der Waals surface area contributed by atoms with Crippen LogP contribution in [0, 0.1) is 0 Å². The molecular weight excluding hydrogens is 394 g/mol. The van der Waals surface area contributed by atoms with Gasteiger partial charge in [0.05, 0.1) is 12.0 Å². The maximum Gasteiger partial charge on any atom is 0.387 e. The summed E-state index contributed by atoms with van der Waals surface area (Å²) >= 11 is 0. The van der Waals surface area contributed by atoms with E-state index in [9.17, 15) is 22.0 Å². The molecule has 0 aliphatic rings. The number of hydrogen-bond acceptors (Lipinski definition) is 5. The molecule has 2 aromatic rings. The van der Waals surface area contributed by atoms with Crippen molar-refractivity contribution >= 4 is 15.9 Å². The van der Waals surface area contributed by atoms with E-state index in [1.165, 1.54) is 63.7 Å². The van der Waals surface area contributed by atoms with Crippen molar-refractivity contribution < 1.29 is 31.5 Å². The summed E-state index contributed by atoms with van der Waals surface area (Å²) in [6.45, 7) is -3.02. The molecule has 0 bridgehead atoms. The molecule has 2 aromatic carbocycles. The normalized spacial score (nSPS) is 11.5. The summed E-state index contributed by atoms with van der Waals surface area (Å²) in [5.74, 6) is -0.398. The van der Waals surface area contributed by atoms with Crippen molar-refractivity contribution in [3.05, 3.63) is 53.6 Å². The Morgan fingerprint density at radius 3 is 2.32 bits per heavy atom. The Labute approximate surface area is 161 Å². The minimum absolute atomic E-state index is 0.0206. The number of sulfonamides is 1. The maximum atomic E-state index is 12.7. The highest BCUT2D eigenvalue weighted by atomic mass is 32.2. The lowest BCUT2D eigenvalue weighted by molar-refractivity contribution is -0.0512. The summed E-state index contributed by atoms with van der Waals surface area (Å²) in [4.78, 5) is 11.6. The molecule has 0 spiro atoms. The number of alkyl halides is 2. The monoisotopic (exact) mass is 414 g/mol. The first-order chi connectivity index (χ1) is 13.2. The summed E-state index contributed by atoms with van der Waals surface area (Å²) < 4.78 is 60.7. The van der Waals surface area contributed by atoms with E-state index >= 15 is 0 Å². The van der Waals surface area contributed by atoms with Gasteiger partial charge in [0.15, 0.2) is 11.5 Å². The van der Waals surface area contributed by atoms with E-state index in [0.29, 0.717) is 11.1 Å². The highest BCUT2D eigenvalue weighted by molar-refractivity contribution is 7.89. The Kier molecular flexibility index (Phi) is 6.92. The summed E-state index contributed by atoms with van der Waals surface area (Å²) in [7, 11) is 0.338. The second-order valence-corrected chi connectivity index (χ2v) is 7.77. The van der Waals surface area contributed by atoms with E-state index in [-0.39, 0.29) is 28.8 Å². The molecule has 0 aromatic heterocycles. The maximum absolute atomic E-state index is 12.7. The third-order valence-electron chi connectivity index (χ3n) is 3.90. The van der Waals surface area contributed by atoms with E-state index in [2.05, 4.69) is 10.1 Å². The van der Waals surface area contributed by atoms with Gasteiger partial charge < -0.3 is 14.8 Å². The first kappa shape index (κ1) is 21.6. The summed E-state index contributed by atoms with van der Waals surface area (Å²) in [5, 5.41) is 2.45. The highest BCUT2D eigenvalue weighted by Crippen LogP contribution is 2.30. The number of carbonyl (C=O) groups excluding carboxylic acids is 1. The fourth-order valence-electron chi connectivity index (χ4n) is 2.45. The minimum atomic E-state index is -3.83. The van der Waals surface area contributed by atoms with E-state index in [1.54, 1.807) is 0 Å². The van der Waals surface area contributed by atoms with Gasteiger partial charge >= 0.3 is 6.61 Å². The Bertz CT molecular complexity index is 933. The smallest absolute Gasteiger partial charge is 0.387 e. The molecule has 10 heteroatoms. The number of halogens is 2.